The minimum absolute atomic E-state index is 0.488. The Morgan fingerprint density at radius 3 is 2.87 bits per heavy atom. The highest BCUT2D eigenvalue weighted by molar-refractivity contribution is 8.03. The van der Waals surface area contributed by atoms with Gasteiger partial charge in [-0.15, -0.1) is 0 Å². The molecule has 0 spiro atoms. The van der Waals surface area contributed by atoms with E-state index in [2.05, 4.69) is 24.5 Å². The molecule has 0 aliphatic heterocycles. The molecule has 3 heteroatoms. The van der Waals surface area contributed by atoms with Crippen LogP contribution in [0, 0.1) is 17.6 Å². The largest absolute Gasteiger partial charge is 0.185 e. The van der Waals surface area contributed by atoms with E-state index < -0.39 is 0 Å². The van der Waals surface area contributed by atoms with E-state index >= 15 is 0 Å². The van der Waals surface area contributed by atoms with Gasteiger partial charge >= 0.3 is 0 Å². The van der Waals surface area contributed by atoms with E-state index in [0.717, 1.165) is 22.8 Å². The fourth-order valence-corrected chi connectivity index (χ4v) is 2.10. The summed E-state index contributed by atoms with van der Waals surface area (Å²) in [6.45, 7) is 4.20. The SMILES string of the molecule is Cc1cc(C(C)CCSC#N)ccc1Cl. The minimum atomic E-state index is 0.488. The molecule has 0 N–H and O–H groups in total. The van der Waals surface area contributed by atoms with Crippen LogP contribution < -0.4 is 0 Å². The molecule has 0 aromatic heterocycles. The van der Waals surface area contributed by atoms with Gasteiger partial charge in [0, 0.05) is 10.8 Å². The summed E-state index contributed by atoms with van der Waals surface area (Å²) in [5.41, 5.74) is 2.42. The predicted octanol–water partition coefficient (Wildman–Crippen LogP) is 4.36. The van der Waals surface area contributed by atoms with Crippen molar-refractivity contribution >= 4 is 23.4 Å². The molecule has 0 heterocycles. The van der Waals surface area contributed by atoms with Crippen molar-refractivity contribution in [3.63, 3.8) is 0 Å². The lowest BCUT2D eigenvalue weighted by atomic mass is 9.97. The number of hydrogen-bond acceptors (Lipinski definition) is 2. The number of thiocyanates is 1. The summed E-state index contributed by atoms with van der Waals surface area (Å²) in [5, 5.41) is 11.3. The standard InChI is InChI=1S/C12H14ClNS/c1-9(5-6-15-8-14)11-3-4-12(13)10(2)7-11/h3-4,7,9H,5-6H2,1-2H3. The number of hydrogen-bond donors (Lipinski definition) is 0. The Morgan fingerprint density at radius 1 is 1.53 bits per heavy atom. The molecule has 1 atom stereocenters. The summed E-state index contributed by atoms with van der Waals surface area (Å²) in [7, 11) is 0. The molecular formula is C12H14ClNS. The smallest absolute Gasteiger partial charge is 0.133 e. The van der Waals surface area contributed by atoms with Gasteiger partial charge in [0.25, 0.3) is 0 Å². The maximum absolute atomic E-state index is 8.43. The van der Waals surface area contributed by atoms with Crippen LogP contribution in [0.1, 0.15) is 30.4 Å². The maximum atomic E-state index is 8.43. The Labute approximate surface area is 100 Å². The molecular weight excluding hydrogens is 226 g/mol. The third-order valence-electron chi connectivity index (χ3n) is 2.47. The number of halogens is 1. The fraction of sp³-hybridized carbons (Fsp3) is 0.417. The molecule has 0 aliphatic carbocycles. The lowest BCUT2D eigenvalue weighted by molar-refractivity contribution is 0.741. The second-order valence-corrected chi connectivity index (χ2v) is 4.92. The molecule has 1 aromatic rings. The van der Waals surface area contributed by atoms with Crippen LogP contribution in [0.5, 0.6) is 0 Å². The zero-order chi connectivity index (χ0) is 11.3. The third kappa shape index (κ3) is 3.77. The molecule has 1 unspecified atom stereocenters. The molecule has 0 saturated carbocycles. The lowest BCUT2D eigenvalue weighted by Gasteiger charge is -2.11. The second kappa shape index (κ2) is 6.05. The topological polar surface area (TPSA) is 23.8 Å². The van der Waals surface area contributed by atoms with Crippen molar-refractivity contribution in [1.29, 1.82) is 5.26 Å². The van der Waals surface area contributed by atoms with E-state index in [-0.39, 0.29) is 0 Å². The minimum Gasteiger partial charge on any atom is -0.185 e. The van der Waals surface area contributed by atoms with Gasteiger partial charge < -0.3 is 0 Å². The van der Waals surface area contributed by atoms with Gasteiger partial charge in [0.15, 0.2) is 0 Å². The highest BCUT2D eigenvalue weighted by Crippen LogP contribution is 2.25. The molecule has 0 radical (unpaired) electrons. The molecule has 15 heavy (non-hydrogen) atoms. The zero-order valence-corrected chi connectivity index (χ0v) is 10.5. The van der Waals surface area contributed by atoms with Crippen LogP contribution in [-0.4, -0.2) is 5.75 Å². The predicted molar refractivity (Wildman–Crippen MR) is 67.3 cm³/mol. The van der Waals surface area contributed by atoms with Gasteiger partial charge in [-0.25, -0.2) is 0 Å². The summed E-state index contributed by atoms with van der Waals surface area (Å²) in [6.07, 6.45) is 1.03. The summed E-state index contributed by atoms with van der Waals surface area (Å²) < 4.78 is 0. The Kier molecular flexibility index (Phi) is 5.01. The van der Waals surface area contributed by atoms with E-state index in [1.54, 1.807) is 0 Å². The molecule has 80 valence electrons. The van der Waals surface area contributed by atoms with Crippen LogP contribution in [0.25, 0.3) is 0 Å². The number of rotatable bonds is 4. The van der Waals surface area contributed by atoms with Crippen LogP contribution in [0.2, 0.25) is 5.02 Å². The van der Waals surface area contributed by atoms with Crippen LogP contribution in [0.15, 0.2) is 18.2 Å². The molecule has 1 rings (SSSR count). The average molecular weight is 240 g/mol. The first-order chi connectivity index (χ1) is 7.15. The van der Waals surface area contributed by atoms with Crippen LogP contribution in [0.3, 0.4) is 0 Å². The Bertz CT molecular complexity index is 370. The first-order valence-electron chi connectivity index (χ1n) is 4.92. The van der Waals surface area contributed by atoms with Gasteiger partial charge in [-0.1, -0.05) is 30.7 Å². The van der Waals surface area contributed by atoms with Crippen molar-refractivity contribution in [1.82, 2.24) is 0 Å². The number of benzene rings is 1. The zero-order valence-electron chi connectivity index (χ0n) is 8.96. The van der Waals surface area contributed by atoms with E-state index in [4.69, 9.17) is 16.9 Å². The number of nitrogens with zero attached hydrogens (tertiary/aromatic N) is 1. The molecule has 1 nitrogen and oxygen atoms in total. The van der Waals surface area contributed by atoms with Gasteiger partial charge in [-0.3, -0.25) is 0 Å². The average Bonchev–Trinajstić information content (AvgIpc) is 2.22. The Morgan fingerprint density at radius 2 is 2.27 bits per heavy atom. The highest BCUT2D eigenvalue weighted by Gasteiger charge is 2.06. The van der Waals surface area contributed by atoms with Crippen molar-refractivity contribution in [3.05, 3.63) is 34.3 Å². The lowest BCUT2D eigenvalue weighted by Crippen LogP contribution is -1.95. The van der Waals surface area contributed by atoms with E-state index in [0.29, 0.717) is 5.92 Å². The van der Waals surface area contributed by atoms with E-state index in [9.17, 15) is 0 Å². The summed E-state index contributed by atoms with van der Waals surface area (Å²) in [6, 6.07) is 6.14. The normalized spacial score (nSPS) is 12.1. The highest BCUT2D eigenvalue weighted by atomic mass is 35.5. The summed E-state index contributed by atoms with van der Waals surface area (Å²) in [4.78, 5) is 0. The van der Waals surface area contributed by atoms with Gasteiger partial charge in [0.1, 0.15) is 5.40 Å². The Hall–Kier alpha value is -0.650. The van der Waals surface area contributed by atoms with Crippen molar-refractivity contribution in [3.8, 4) is 5.40 Å². The molecule has 0 aliphatic rings. The first-order valence-corrected chi connectivity index (χ1v) is 6.28. The summed E-state index contributed by atoms with van der Waals surface area (Å²) in [5.74, 6) is 1.38. The molecule has 0 amide bonds. The first kappa shape index (κ1) is 12.4. The molecule has 0 fully saturated rings. The number of aryl methyl sites for hydroxylation is 1. The third-order valence-corrected chi connectivity index (χ3v) is 3.46. The number of thioether (sulfide) groups is 1. The van der Waals surface area contributed by atoms with Crippen molar-refractivity contribution in [2.45, 2.75) is 26.2 Å². The second-order valence-electron chi connectivity index (χ2n) is 3.64. The Balaban J connectivity index is 2.62. The van der Waals surface area contributed by atoms with Crippen molar-refractivity contribution in [2.75, 3.05) is 5.75 Å². The van der Waals surface area contributed by atoms with Gasteiger partial charge in [0.05, 0.1) is 0 Å². The van der Waals surface area contributed by atoms with Crippen LogP contribution in [0.4, 0.5) is 0 Å². The van der Waals surface area contributed by atoms with Crippen LogP contribution in [-0.2, 0) is 0 Å². The van der Waals surface area contributed by atoms with Gasteiger partial charge in [0.2, 0.25) is 0 Å². The van der Waals surface area contributed by atoms with Gasteiger partial charge in [-0.05, 0) is 48.2 Å². The van der Waals surface area contributed by atoms with E-state index in [1.165, 1.54) is 17.3 Å². The monoisotopic (exact) mass is 239 g/mol. The quantitative estimate of drug-likeness (QED) is 0.576. The van der Waals surface area contributed by atoms with Crippen molar-refractivity contribution in [2.24, 2.45) is 0 Å². The van der Waals surface area contributed by atoms with Crippen LogP contribution >= 0.6 is 23.4 Å². The van der Waals surface area contributed by atoms with E-state index in [1.807, 2.05) is 13.0 Å². The number of nitriles is 1. The molecule has 0 saturated heterocycles. The van der Waals surface area contributed by atoms with Gasteiger partial charge in [-0.2, -0.15) is 5.26 Å². The summed E-state index contributed by atoms with van der Waals surface area (Å²) >= 11 is 7.28. The van der Waals surface area contributed by atoms with Crippen molar-refractivity contribution < 1.29 is 0 Å². The molecule has 0 bridgehead atoms. The fourth-order valence-electron chi connectivity index (χ4n) is 1.42. The molecule has 1 aromatic carbocycles. The maximum Gasteiger partial charge on any atom is 0.133 e.